The zero-order valence-corrected chi connectivity index (χ0v) is 8.99. The molecule has 4 heteroatoms. The van der Waals surface area contributed by atoms with E-state index in [0.717, 1.165) is 21.2 Å². The number of halogens is 1. The highest BCUT2D eigenvalue weighted by molar-refractivity contribution is 7.98. The van der Waals surface area contributed by atoms with E-state index >= 15 is 0 Å². The van der Waals surface area contributed by atoms with Crippen LogP contribution in [0.5, 0.6) is 0 Å². The molecule has 0 saturated heterocycles. The Morgan fingerprint density at radius 2 is 2.23 bits per heavy atom. The SMILES string of the molecule is CSc1nc2cccc(Cl)c2n1C. The van der Waals surface area contributed by atoms with E-state index in [2.05, 4.69) is 4.98 Å². The highest BCUT2D eigenvalue weighted by atomic mass is 35.5. The number of imidazole rings is 1. The third-order valence-electron chi connectivity index (χ3n) is 1.99. The van der Waals surface area contributed by atoms with E-state index in [1.54, 1.807) is 11.8 Å². The summed E-state index contributed by atoms with van der Waals surface area (Å²) in [7, 11) is 1.98. The van der Waals surface area contributed by atoms with Crippen molar-refractivity contribution in [3.05, 3.63) is 23.2 Å². The van der Waals surface area contributed by atoms with Crippen molar-refractivity contribution in [1.82, 2.24) is 9.55 Å². The van der Waals surface area contributed by atoms with Crippen LogP contribution in [0.2, 0.25) is 5.02 Å². The molecular weight excluding hydrogens is 204 g/mol. The van der Waals surface area contributed by atoms with Crippen LogP contribution in [0.4, 0.5) is 0 Å². The molecule has 0 radical (unpaired) electrons. The summed E-state index contributed by atoms with van der Waals surface area (Å²) in [6.07, 6.45) is 2.01. The lowest BCUT2D eigenvalue weighted by atomic mass is 10.3. The molecule has 2 nitrogen and oxygen atoms in total. The number of thioether (sulfide) groups is 1. The van der Waals surface area contributed by atoms with Gasteiger partial charge in [-0.3, -0.25) is 0 Å². The minimum Gasteiger partial charge on any atom is -0.321 e. The van der Waals surface area contributed by atoms with Gasteiger partial charge in [0.1, 0.15) is 0 Å². The number of rotatable bonds is 1. The van der Waals surface area contributed by atoms with E-state index in [-0.39, 0.29) is 0 Å². The Hall–Kier alpha value is -0.670. The predicted molar refractivity (Wildman–Crippen MR) is 57.5 cm³/mol. The quantitative estimate of drug-likeness (QED) is 0.677. The first-order valence-electron chi connectivity index (χ1n) is 3.89. The van der Waals surface area contributed by atoms with Crippen molar-refractivity contribution < 1.29 is 0 Å². The molecule has 0 aliphatic rings. The Labute approximate surface area is 85.9 Å². The van der Waals surface area contributed by atoms with Crippen LogP contribution in [-0.2, 0) is 7.05 Å². The number of fused-ring (bicyclic) bond motifs is 1. The topological polar surface area (TPSA) is 17.8 Å². The molecule has 2 aromatic rings. The van der Waals surface area contributed by atoms with Gasteiger partial charge < -0.3 is 4.57 Å². The number of para-hydroxylation sites is 1. The summed E-state index contributed by atoms with van der Waals surface area (Å²) in [4.78, 5) is 4.43. The van der Waals surface area contributed by atoms with Crippen LogP contribution >= 0.6 is 23.4 Å². The fourth-order valence-corrected chi connectivity index (χ4v) is 2.23. The molecule has 0 amide bonds. The van der Waals surface area contributed by atoms with Crippen molar-refractivity contribution >= 4 is 34.4 Å². The molecule has 0 atom stereocenters. The second-order valence-electron chi connectivity index (χ2n) is 2.77. The van der Waals surface area contributed by atoms with E-state index in [1.807, 2.05) is 36.1 Å². The average molecular weight is 213 g/mol. The molecule has 68 valence electrons. The predicted octanol–water partition coefficient (Wildman–Crippen LogP) is 2.95. The first-order valence-corrected chi connectivity index (χ1v) is 5.49. The fourth-order valence-electron chi connectivity index (χ4n) is 1.38. The van der Waals surface area contributed by atoms with Gasteiger partial charge in [-0.1, -0.05) is 29.4 Å². The summed E-state index contributed by atoms with van der Waals surface area (Å²) in [6.45, 7) is 0. The van der Waals surface area contributed by atoms with Crippen LogP contribution in [0.25, 0.3) is 11.0 Å². The standard InChI is InChI=1S/C9H9ClN2S/c1-12-8-6(10)4-3-5-7(8)11-9(12)13-2/h3-5H,1-2H3. The van der Waals surface area contributed by atoms with Crippen molar-refractivity contribution in [2.75, 3.05) is 6.26 Å². The number of nitrogens with zero attached hydrogens (tertiary/aromatic N) is 2. The van der Waals surface area contributed by atoms with E-state index in [9.17, 15) is 0 Å². The van der Waals surface area contributed by atoms with Gasteiger partial charge in [-0.2, -0.15) is 0 Å². The largest absolute Gasteiger partial charge is 0.321 e. The Balaban J connectivity index is 2.85. The number of benzene rings is 1. The van der Waals surface area contributed by atoms with Crippen LogP contribution in [0.15, 0.2) is 23.4 Å². The van der Waals surface area contributed by atoms with Gasteiger partial charge in [-0.05, 0) is 18.4 Å². The van der Waals surface area contributed by atoms with Gasteiger partial charge in [0.2, 0.25) is 0 Å². The van der Waals surface area contributed by atoms with E-state index in [4.69, 9.17) is 11.6 Å². The third-order valence-corrected chi connectivity index (χ3v) is 3.02. The molecule has 0 saturated carbocycles. The molecule has 13 heavy (non-hydrogen) atoms. The molecule has 1 aromatic carbocycles. The Kier molecular flexibility index (Phi) is 2.22. The first kappa shape index (κ1) is 8.91. The monoisotopic (exact) mass is 212 g/mol. The highest BCUT2D eigenvalue weighted by Gasteiger charge is 2.08. The molecular formula is C9H9ClN2S. The normalized spacial score (nSPS) is 11.0. The van der Waals surface area contributed by atoms with E-state index < -0.39 is 0 Å². The van der Waals surface area contributed by atoms with Gasteiger partial charge >= 0.3 is 0 Å². The van der Waals surface area contributed by atoms with Gasteiger partial charge in [-0.25, -0.2) is 4.98 Å². The van der Waals surface area contributed by atoms with Crippen LogP contribution < -0.4 is 0 Å². The lowest BCUT2D eigenvalue weighted by Gasteiger charge is -1.98. The van der Waals surface area contributed by atoms with Crippen molar-refractivity contribution in [3.63, 3.8) is 0 Å². The fraction of sp³-hybridized carbons (Fsp3) is 0.222. The smallest absolute Gasteiger partial charge is 0.168 e. The summed E-state index contributed by atoms with van der Waals surface area (Å²) < 4.78 is 2.02. The van der Waals surface area contributed by atoms with Gasteiger partial charge in [-0.15, -0.1) is 0 Å². The first-order chi connectivity index (χ1) is 6.24. The van der Waals surface area contributed by atoms with Crippen molar-refractivity contribution in [2.45, 2.75) is 5.16 Å². The summed E-state index contributed by atoms with van der Waals surface area (Å²) in [5.41, 5.74) is 1.97. The van der Waals surface area contributed by atoms with Gasteiger partial charge in [0.15, 0.2) is 5.16 Å². The second-order valence-corrected chi connectivity index (χ2v) is 3.95. The maximum atomic E-state index is 6.06. The van der Waals surface area contributed by atoms with Gasteiger partial charge in [0, 0.05) is 7.05 Å². The van der Waals surface area contributed by atoms with Crippen LogP contribution in [0.3, 0.4) is 0 Å². The molecule has 0 spiro atoms. The van der Waals surface area contributed by atoms with Gasteiger partial charge in [0.05, 0.1) is 16.1 Å². The summed E-state index contributed by atoms with van der Waals surface area (Å²) in [5.74, 6) is 0. The summed E-state index contributed by atoms with van der Waals surface area (Å²) >= 11 is 7.69. The second kappa shape index (κ2) is 3.24. The number of hydrogen-bond donors (Lipinski definition) is 0. The molecule has 2 rings (SSSR count). The lowest BCUT2D eigenvalue weighted by Crippen LogP contribution is -1.89. The Bertz CT molecular complexity index is 450. The Morgan fingerprint density at radius 3 is 2.85 bits per heavy atom. The van der Waals surface area contributed by atoms with E-state index in [0.29, 0.717) is 0 Å². The zero-order valence-electron chi connectivity index (χ0n) is 7.41. The maximum absolute atomic E-state index is 6.06. The van der Waals surface area contributed by atoms with Crippen LogP contribution in [-0.4, -0.2) is 15.8 Å². The third kappa shape index (κ3) is 1.32. The molecule has 1 heterocycles. The molecule has 0 fully saturated rings. The number of aromatic nitrogens is 2. The summed E-state index contributed by atoms with van der Waals surface area (Å²) in [5, 5.41) is 1.75. The van der Waals surface area contributed by atoms with Crippen molar-refractivity contribution in [3.8, 4) is 0 Å². The van der Waals surface area contributed by atoms with Crippen molar-refractivity contribution in [1.29, 1.82) is 0 Å². The zero-order chi connectivity index (χ0) is 9.42. The minimum absolute atomic E-state index is 0.757. The lowest BCUT2D eigenvalue weighted by molar-refractivity contribution is 0.817. The summed E-state index contributed by atoms with van der Waals surface area (Å²) in [6, 6.07) is 5.78. The van der Waals surface area contributed by atoms with Crippen LogP contribution in [0.1, 0.15) is 0 Å². The molecule has 0 aliphatic heterocycles. The average Bonchev–Trinajstić information content (AvgIpc) is 2.44. The molecule has 1 aromatic heterocycles. The molecule has 0 bridgehead atoms. The number of hydrogen-bond acceptors (Lipinski definition) is 2. The maximum Gasteiger partial charge on any atom is 0.168 e. The Morgan fingerprint density at radius 1 is 1.46 bits per heavy atom. The molecule has 0 unspecified atom stereocenters. The van der Waals surface area contributed by atoms with Crippen LogP contribution in [0, 0.1) is 0 Å². The minimum atomic E-state index is 0.757. The number of aryl methyl sites for hydroxylation is 1. The molecule has 0 N–H and O–H groups in total. The van der Waals surface area contributed by atoms with E-state index in [1.165, 1.54) is 0 Å². The van der Waals surface area contributed by atoms with Gasteiger partial charge in [0.25, 0.3) is 0 Å². The molecule has 0 aliphatic carbocycles. The highest BCUT2D eigenvalue weighted by Crippen LogP contribution is 2.26. The van der Waals surface area contributed by atoms with Crippen molar-refractivity contribution in [2.24, 2.45) is 7.05 Å².